The molecule has 9 heteroatoms. The Balaban J connectivity index is 2.15. The number of pyridine rings is 1. The summed E-state index contributed by atoms with van der Waals surface area (Å²) in [5, 5.41) is 12.2. The zero-order valence-corrected chi connectivity index (χ0v) is 14.7. The van der Waals surface area contributed by atoms with E-state index in [1.54, 1.807) is 28.8 Å². The van der Waals surface area contributed by atoms with Gasteiger partial charge >= 0.3 is 0 Å². The number of halogens is 1. The number of nitrogens with zero attached hydrogens (tertiary/aromatic N) is 3. The van der Waals surface area contributed by atoms with Crippen LogP contribution in [0.25, 0.3) is 11.4 Å². The van der Waals surface area contributed by atoms with Crippen molar-refractivity contribution in [2.24, 2.45) is 11.5 Å². The molecule has 3 rings (SSSR count). The molecular formula is C16H16ClN5O2S. The van der Waals surface area contributed by atoms with Crippen LogP contribution < -0.4 is 11.5 Å². The van der Waals surface area contributed by atoms with Crippen molar-refractivity contribution in [3.8, 4) is 11.4 Å². The summed E-state index contributed by atoms with van der Waals surface area (Å²) >= 11 is 7.23. The maximum Gasteiger partial charge on any atom is 0.265 e. The van der Waals surface area contributed by atoms with Gasteiger partial charge in [-0.2, -0.15) is 0 Å². The number of carbonyl (C=O) groups is 1. The van der Waals surface area contributed by atoms with Gasteiger partial charge in [0.1, 0.15) is 10.7 Å². The first kappa shape index (κ1) is 17.6. The Hall–Kier alpha value is -2.26. The molecule has 0 saturated heterocycles. The van der Waals surface area contributed by atoms with Gasteiger partial charge in [-0.05, 0) is 24.3 Å². The van der Waals surface area contributed by atoms with E-state index in [1.165, 1.54) is 17.5 Å². The number of hydrogen-bond acceptors (Lipinski definition) is 6. The van der Waals surface area contributed by atoms with E-state index < -0.39 is 11.9 Å². The second-order valence-corrected chi connectivity index (χ2v) is 6.65. The van der Waals surface area contributed by atoms with Crippen LogP contribution in [0.1, 0.15) is 27.2 Å². The van der Waals surface area contributed by atoms with Crippen molar-refractivity contribution in [1.29, 1.82) is 0 Å². The van der Waals surface area contributed by atoms with Gasteiger partial charge in [-0.3, -0.25) is 9.78 Å². The molecule has 25 heavy (non-hydrogen) atoms. The van der Waals surface area contributed by atoms with Gasteiger partial charge in [-0.25, -0.2) is 4.98 Å². The van der Waals surface area contributed by atoms with Crippen LogP contribution in [0, 0.1) is 0 Å². The van der Waals surface area contributed by atoms with E-state index >= 15 is 0 Å². The van der Waals surface area contributed by atoms with Crippen LogP contribution in [-0.4, -0.2) is 32.1 Å². The fraction of sp³-hybridized carbons (Fsp3) is 0.188. The van der Waals surface area contributed by atoms with Crippen molar-refractivity contribution in [1.82, 2.24) is 14.5 Å². The fourth-order valence-corrected chi connectivity index (χ4v) is 3.44. The SMILES string of the molecule is NCC(c1csc(CO)n1)n1c(C(N)=O)ccc1-c1ccc(Cl)cn1. The van der Waals surface area contributed by atoms with Crippen LogP contribution in [0.15, 0.2) is 35.8 Å². The van der Waals surface area contributed by atoms with E-state index in [4.69, 9.17) is 23.1 Å². The van der Waals surface area contributed by atoms with Gasteiger partial charge in [-0.1, -0.05) is 11.6 Å². The van der Waals surface area contributed by atoms with Crippen molar-refractivity contribution in [2.45, 2.75) is 12.6 Å². The number of hydrogen-bond donors (Lipinski definition) is 3. The van der Waals surface area contributed by atoms with Crippen LogP contribution in [0.3, 0.4) is 0 Å². The van der Waals surface area contributed by atoms with Gasteiger partial charge in [0.2, 0.25) is 0 Å². The maximum absolute atomic E-state index is 11.9. The second kappa shape index (κ2) is 7.32. The lowest BCUT2D eigenvalue weighted by Crippen LogP contribution is -2.27. The Bertz CT molecular complexity index is 890. The number of nitrogens with two attached hydrogens (primary N) is 2. The molecule has 3 aromatic rings. The van der Waals surface area contributed by atoms with Crippen molar-refractivity contribution in [3.05, 3.63) is 57.3 Å². The molecule has 130 valence electrons. The number of aliphatic hydroxyl groups excluding tert-OH is 1. The lowest BCUT2D eigenvalue weighted by atomic mass is 10.2. The highest BCUT2D eigenvalue weighted by molar-refractivity contribution is 7.09. The molecule has 5 N–H and O–H groups in total. The zero-order chi connectivity index (χ0) is 18.0. The normalized spacial score (nSPS) is 12.3. The predicted octanol–water partition coefficient (Wildman–Crippen LogP) is 1.80. The third-order valence-corrected chi connectivity index (χ3v) is 4.82. The Morgan fingerprint density at radius 2 is 2.16 bits per heavy atom. The summed E-state index contributed by atoms with van der Waals surface area (Å²) < 4.78 is 1.73. The van der Waals surface area contributed by atoms with Crippen molar-refractivity contribution < 1.29 is 9.90 Å². The molecule has 1 amide bonds. The first-order chi connectivity index (χ1) is 12.0. The molecule has 0 radical (unpaired) electrons. The summed E-state index contributed by atoms with van der Waals surface area (Å²) in [7, 11) is 0. The Morgan fingerprint density at radius 3 is 2.72 bits per heavy atom. The molecule has 0 aromatic carbocycles. The first-order valence-electron chi connectivity index (χ1n) is 7.43. The standard InChI is InChI=1S/C16H16ClN5O2S/c17-9-1-2-10(20-6-9)12-3-4-13(16(19)24)22(12)14(5-18)11-8-25-15(7-23)21-11/h1-4,6,8,14,23H,5,7,18H2,(H2,19,24). The topological polar surface area (TPSA) is 120 Å². The number of amides is 1. The summed E-state index contributed by atoms with van der Waals surface area (Å²) in [6, 6.07) is 6.46. The minimum absolute atomic E-state index is 0.151. The summed E-state index contributed by atoms with van der Waals surface area (Å²) in [6.45, 7) is 0.0477. The molecule has 3 heterocycles. The van der Waals surface area contributed by atoms with E-state index in [1.807, 2.05) is 5.38 Å². The molecular weight excluding hydrogens is 362 g/mol. The molecule has 1 atom stereocenters. The quantitative estimate of drug-likeness (QED) is 0.605. The summed E-state index contributed by atoms with van der Waals surface area (Å²) in [4.78, 5) is 20.6. The number of thiazole rings is 1. The van der Waals surface area contributed by atoms with Crippen molar-refractivity contribution >= 4 is 28.8 Å². The maximum atomic E-state index is 11.9. The van der Waals surface area contributed by atoms with Gasteiger partial charge in [0, 0.05) is 18.1 Å². The average Bonchev–Trinajstić information content (AvgIpc) is 3.24. The lowest BCUT2D eigenvalue weighted by molar-refractivity contribution is 0.0990. The average molecular weight is 378 g/mol. The van der Waals surface area contributed by atoms with Crippen LogP contribution in [-0.2, 0) is 6.61 Å². The van der Waals surface area contributed by atoms with Gasteiger partial charge in [0.25, 0.3) is 5.91 Å². The fourth-order valence-electron chi connectivity index (χ4n) is 2.63. The number of rotatable bonds is 6. The smallest absolute Gasteiger partial charge is 0.265 e. The molecule has 1 unspecified atom stereocenters. The molecule has 0 aliphatic heterocycles. The van der Waals surface area contributed by atoms with E-state index in [0.717, 1.165) is 0 Å². The molecule has 0 fully saturated rings. The van der Waals surface area contributed by atoms with Crippen molar-refractivity contribution in [3.63, 3.8) is 0 Å². The summed E-state index contributed by atoms with van der Waals surface area (Å²) in [5.74, 6) is -0.573. The van der Waals surface area contributed by atoms with E-state index in [9.17, 15) is 9.90 Å². The molecule has 0 bridgehead atoms. The molecule has 0 saturated carbocycles. The summed E-state index contributed by atoms with van der Waals surface area (Å²) in [5.41, 5.74) is 13.8. The lowest BCUT2D eigenvalue weighted by Gasteiger charge is -2.20. The highest BCUT2D eigenvalue weighted by Crippen LogP contribution is 2.30. The first-order valence-corrected chi connectivity index (χ1v) is 8.69. The number of aromatic nitrogens is 3. The van der Waals surface area contributed by atoms with Gasteiger partial charge in [0.15, 0.2) is 0 Å². The second-order valence-electron chi connectivity index (χ2n) is 5.28. The molecule has 0 spiro atoms. The third-order valence-electron chi connectivity index (χ3n) is 3.74. The molecule has 3 aromatic heterocycles. The Kier molecular flexibility index (Phi) is 5.14. The van der Waals surface area contributed by atoms with Crippen molar-refractivity contribution in [2.75, 3.05) is 6.54 Å². The van der Waals surface area contributed by atoms with Crippen LogP contribution in [0.5, 0.6) is 0 Å². The van der Waals surface area contributed by atoms with Gasteiger partial charge in [-0.15, -0.1) is 11.3 Å². The third kappa shape index (κ3) is 3.42. The number of aliphatic hydroxyl groups is 1. The van der Waals surface area contributed by atoms with Gasteiger partial charge < -0.3 is 21.1 Å². The van der Waals surface area contributed by atoms with E-state index in [0.29, 0.717) is 32.8 Å². The predicted molar refractivity (Wildman–Crippen MR) is 96.4 cm³/mol. The molecule has 0 aliphatic rings. The monoisotopic (exact) mass is 377 g/mol. The molecule has 7 nitrogen and oxygen atoms in total. The van der Waals surface area contributed by atoms with Crippen LogP contribution in [0.2, 0.25) is 5.02 Å². The largest absolute Gasteiger partial charge is 0.389 e. The Morgan fingerprint density at radius 1 is 1.36 bits per heavy atom. The summed E-state index contributed by atoms with van der Waals surface area (Å²) in [6.07, 6.45) is 1.53. The van der Waals surface area contributed by atoms with E-state index in [2.05, 4.69) is 9.97 Å². The highest BCUT2D eigenvalue weighted by atomic mass is 35.5. The zero-order valence-electron chi connectivity index (χ0n) is 13.1. The number of carbonyl (C=O) groups excluding carboxylic acids is 1. The van der Waals surface area contributed by atoms with Crippen LogP contribution in [0.4, 0.5) is 0 Å². The minimum Gasteiger partial charge on any atom is -0.389 e. The number of primary amides is 1. The van der Waals surface area contributed by atoms with Gasteiger partial charge in [0.05, 0.1) is 34.8 Å². The molecule has 0 aliphatic carbocycles. The Labute approximate surface area is 152 Å². The van der Waals surface area contributed by atoms with Crippen LogP contribution >= 0.6 is 22.9 Å². The van der Waals surface area contributed by atoms with E-state index in [-0.39, 0.29) is 13.2 Å². The highest BCUT2D eigenvalue weighted by Gasteiger charge is 2.24. The minimum atomic E-state index is -0.573.